The van der Waals surface area contributed by atoms with Gasteiger partial charge in [-0.1, -0.05) is 18.5 Å². The van der Waals surface area contributed by atoms with Gasteiger partial charge in [-0.25, -0.2) is 0 Å². The Hall–Kier alpha value is -1.62. The van der Waals surface area contributed by atoms with Crippen molar-refractivity contribution in [3.05, 3.63) is 34.9 Å². The Labute approximate surface area is 104 Å². The van der Waals surface area contributed by atoms with Crippen LogP contribution < -0.4 is 0 Å². The SMILES string of the molecule is CCCn1ncc(Cl)c1C(=O)c1ccn(C)n1. The Bertz CT molecular complexity index is 543. The van der Waals surface area contributed by atoms with Crippen molar-refractivity contribution in [1.82, 2.24) is 19.6 Å². The van der Waals surface area contributed by atoms with Crippen LogP contribution in [0.25, 0.3) is 0 Å². The molecule has 0 saturated heterocycles. The van der Waals surface area contributed by atoms with Crippen LogP contribution in [-0.4, -0.2) is 25.3 Å². The van der Waals surface area contributed by atoms with Crippen LogP contribution in [0.2, 0.25) is 5.02 Å². The van der Waals surface area contributed by atoms with Crippen LogP contribution in [0, 0.1) is 0 Å². The molecule has 0 aliphatic rings. The van der Waals surface area contributed by atoms with Gasteiger partial charge in [0, 0.05) is 19.8 Å². The molecule has 2 aromatic rings. The first-order valence-corrected chi connectivity index (χ1v) is 5.77. The molecule has 2 rings (SSSR count). The number of aromatic nitrogens is 4. The Kier molecular flexibility index (Phi) is 3.28. The van der Waals surface area contributed by atoms with Crippen LogP contribution in [0.1, 0.15) is 29.5 Å². The van der Waals surface area contributed by atoms with E-state index in [-0.39, 0.29) is 5.78 Å². The number of hydrogen-bond donors (Lipinski definition) is 0. The van der Waals surface area contributed by atoms with Crippen LogP contribution in [0.5, 0.6) is 0 Å². The topological polar surface area (TPSA) is 52.7 Å². The second kappa shape index (κ2) is 4.71. The summed E-state index contributed by atoms with van der Waals surface area (Å²) in [6, 6.07) is 1.67. The Balaban J connectivity index is 2.39. The number of nitrogens with zero attached hydrogens (tertiary/aromatic N) is 4. The zero-order chi connectivity index (χ0) is 12.4. The Morgan fingerprint density at radius 3 is 2.88 bits per heavy atom. The number of aryl methyl sites for hydroxylation is 2. The number of hydrogen-bond acceptors (Lipinski definition) is 3. The number of ketones is 1. The summed E-state index contributed by atoms with van der Waals surface area (Å²) in [5, 5.41) is 8.53. The minimum atomic E-state index is -0.193. The van der Waals surface area contributed by atoms with E-state index in [9.17, 15) is 4.79 Å². The fourth-order valence-electron chi connectivity index (χ4n) is 1.63. The summed E-state index contributed by atoms with van der Waals surface area (Å²) >= 11 is 5.99. The summed E-state index contributed by atoms with van der Waals surface area (Å²) < 4.78 is 3.21. The molecular formula is C11H13ClN4O. The second-order valence-electron chi connectivity index (χ2n) is 3.77. The van der Waals surface area contributed by atoms with Crippen molar-refractivity contribution < 1.29 is 4.79 Å². The standard InChI is InChI=1S/C11H13ClN4O/c1-3-5-16-10(8(12)7-13-16)11(17)9-4-6-15(2)14-9/h4,6-7H,3,5H2,1-2H3. The summed E-state index contributed by atoms with van der Waals surface area (Å²) in [7, 11) is 1.77. The predicted molar refractivity (Wildman–Crippen MR) is 64.2 cm³/mol. The molecule has 0 atom stereocenters. The van der Waals surface area contributed by atoms with Crippen LogP contribution in [-0.2, 0) is 13.6 Å². The zero-order valence-electron chi connectivity index (χ0n) is 9.72. The van der Waals surface area contributed by atoms with E-state index in [1.54, 1.807) is 28.7 Å². The van der Waals surface area contributed by atoms with Crippen LogP contribution in [0.15, 0.2) is 18.5 Å². The molecule has 0 bridgehead atoms. The van der Waals surface area contributed by atoms with E-state index in [4.69, 9.17) is 11.6 Å². The van der Waals surface area contributed by atoms with E-state index >= 15 is 0 Å². The molecule has 0 aromatic carbocycles. The lowest BCUT2D eigenvalue weighted by Gasteiger charge is -2.03. The predicted octanol–water partition coefficient (Wildman–Crippen LogP) is 1.91. The number of carbonyl (C=O) groups is 1. The molecule has 6 heteroatoms. The van der Waals surface area contributed by atoms with Gasteiger partial charge in [0.05, 0.1) is 11.2 Å². The van der Waals surface area contributed by atoms with Gasteiger partial charge in [-0.15, -0.1) is 0 Å². The third-order valence-corrected chi connectivity index (χ3v) is 2.67. The second-order valence-corrected chi connectivity index (χ2v) is 4.18. The number of carbonyl (C=O) groups excluding carboxylic acids is 1. The molecule has 0 aliphatic heterocycles. The molecule has 0 aliphatic carbocycles. The molecular weight excluding hydrogens is 240 g/mol. The quantitative estimate of drug-likeness (QED) is 0.781. The first-order chi connectivity index (χ1) is 8.13. The highest BCUT2D eigenvalue weighted by molar-refractivity contribution is 6.34. The van der Waals surface area contributed by atoms with E-state index in [0.717, 1.165) is 6.42 Å². The lowest BCUT2D eigenvalue weighted by Crippen LogP contribution is -2.12. The maximum atomic E-state index is 12.2. The molecule has 0 fully saturated rings. The van der Waals surface area contributed by atoms with Crippen LogP contribution in [0.4, 0.5) is 0 Å². The first-order valence-electron chi connectivity index (χ1n) is 5.39. The molecule has 90 valence electrons. The summed E-state index contributed by atoms with van der Waals surface area (Å²) in [4.78, 5) is 12.2. The summed E-state index contributed by atoms with van der Waals surface area (Å²) in [6.45, 7) is 2.69. The van der Waals surface area contributed by atoms with E-state index in [2.05, 4.69) is 10.2 Å². The van der Waals surface area contributed by atoms with Crippen molar-refractivity contribution in [2.75, 3.05) is 0 Å². The smallest absolute Gasteiger partial charge is 0.232 e. The Morgan fingerprint density at radius 1 is 1.53 bits per heavy atom. The molecule has 0 radical (unpaired) electrons. The molecule has 2 heterocycles. The lowest BCUT2D eigenvalue weighted by atomic mass is 10.2. The van der Waals surface area contributed by atoms with Gasteiger partial charge in [-0.05, 0) is 12.5 Å². The highest BCUT2D eigenvalue weighted by Crippen LogP contribution is 2.18. The van der Waals surface area contributed by atoms with Gasteiger partial charge in [0.15, 0.2) is 0 Å². The number of halogens is 1. The van der Waals surface area contributed by atoms with Crippen LogP contribution >= 0.6 is 11.6 Å². The van der Waals surface area contributed by atoms with Crippen LogP contribution in [0.3, 0.4) is 0 Å². The Morgan fingerprint density at radius 2 is 2.29 bits per heavy atom. The summed E-state index contributed by atoms with van der Waals surface area (Å²) in [5.74, 6) is -0.193. The minimum Gasteiger partial charge on any atom is -0.285 e. The molecule has 0 saturated carbocycles. The van der Waals surface area contributed by atoms with Gasteiger partial charge in [-0.2, -0.15) is 10.2 Å². The van der Waals surface area contributed by atoms with Gasteiger partial charge in [0.1, 0.15) is 11.4 Å². The van der Waals surface area contributed by atoms with Crippen molar-refractivity contribution in [3.63, 3.8) is 0 Å². The molecule has 2 aromatic heterocycles. The highest BCUT2D eigenvalue weighted by atomic mass is 35.5. The summed E-state index contributed by atoms with van der Waals surface area (Å²) in [5.41, 5.74) is 0.791. The van der Waals surface area contributed by atoms with Gasteiger partial charge < -0.3 is 0 Å². The minimum absolute atomic E-state index is 0.193. The molecule has 0 unspecified atom stereocenters. The fraction of sp³-hybridized carbons (Fsp3) is 0.364. The third-order valence-electron chi connectivity index (χ3n) is 2.39. The zero-order valence-corrected chi connectivity index (χ0v) is 10.5. The molecule has 0 amide bonds. The molecule has 0 spiro atoms. The largest absolute Gasteiger partial charge is 0.285 e. The number of rotatable bonds is 4. The van der Waals surface area contributed by atoms with Crippen molar-refractivity contribution in [1.29, 1.82) is 0 Å². The third kappa shape index (κ3) is 2.24. The van der Waals surface area contributed by atoms with E-state index in [1.165, 1.54) is 6.20 Å². The normalized spacial score (nSPS) is 10.8. The van der Waals surface area contributed by atoms with Gasteiger partial charge >= 0.3 is 0 Å². The summed E-state index contributed by atoms with van der Waals surface area (Å²) in [6.07, 6.45) is 4.11. The van der Waals surface area contributed by atoms with Gasteiger partial charge in [0.2, 0.25) is 5.78 Å². The highest BCUT2D eigenvalue weighted by Gasteiger charge is 2.20. The van der Waals surface area contributed by atoms with Gasteiger partial charge in [0.25, 0.3) is 0 Å². The fourth-order valence-corrected chi connectivity index (χ4v) is 1.85. The van der Waals surface area contributed by atoms with Crippen molar-refractivity contribution in [3.8, 4) is 0 Å². The average molecular weight is 253 g/mol. The first kappa shape index (κ1) is 11.9. The van der Waals surface area contributed by atoms with E-state index < -0.39 is 0 Å². The van der Waals surface area contributed by atoms with Crippen molar-refractivity contribution in [2.24, 2.45) is 7.05 Å². The maximum Gasteiger partial charge on any atom is 0.232 e. The van der Waals surface area contributed by atoms with E-state index in [0.29, 0.717) is 23.0 Å². The van der Waals surface area contributed by atoms with Crippen molar-refractivity contribution >= 4 is 17.4 Å². The average Bonchev–Trinajstić information content (AvgIpc) is 2.86. The monoisotopic (exact) mass is 252 g/mol. The molecule has 5 nitrogen and oxygen atoms in total. The maximum absolute atomic E-state index is 12.2. The van der Waals surface area contributed by atoms with Crippen molar-refractivity contribution in [2.45, 2.75) is 19.9 Å². The molecule has 0 N–H and O–H groups in total. The molecule has 17 heavy (non-hydrogen) atoms. The lowest BCUT2D eigenvalue weighted by molar-refractivity contribution is 0.102. The van der Waals surface area contributed by atoms with E-state index in [1.807, 2.05) is 6.92 Å². The van der Waals surface area contributed by atoms with Gasteiger partial charge in [-0.3, -0.25) is 14.2 Å².